The molecule has 22 heavy (non-hydrogen) atoms. The maximum Gasteiger partial charge on any atom is 0.231 e. The van der Waals surface area contributed by atoms with Gasteiger partial charge in [-0.2, -0.15) is 4.98 Å². The van der Waals surface area contributed by atoms with E-state index >= 15 is 0 Å². The van der Waals surface area contributed by atoms with E-state index in [1.54, 1.807) is 7.05 Å². The van der Waals surface area contributed by atoms with Gasteiger partial charge in [0, 0.05) is 25.7 Å². The molecule has 6 nitrogen and oxygen atoms in total. The first kappa shape index (κ1) is 14.8. The summed E-state index contributed by atoms with van der Waals surface area (Å²) in [6.45, 7) is 7.44. The summed E-state index contributed by atoms with van der Waals surface area (Å²) in [6.07, 6.45) is 1.91. The zero-order valence-corrected chi connectivity index (χ0v) is 13.6. The Balaban J connectivity index is 2.03. The number of carbonyl (C=O) groups excluding carboxylic acids is 1. The monoisotopic (exact) mass is 302 g/mol. The van der Waals surface area contributed by atoms with Crippen molar-refractivity contribution in [1.82, 2.24) is 15.3 Å². The molecule has 1 atom stereocenters. The molecule has 0 spiro atoms. The molecule has 6 heteroatoms. The Labute approximate surface area is 129 Å². The van der Waals surface area contributed by atoms with Gasteiger partial charge in [0.15, 0.2) is 0 Å². The molecule has 118 valence electrons. The van der Waals surface area contributed by atoms with Crippen molar-refractivity contribution in [2.45, 2.75) is 33.6 Å². The second-order valence-electron chi connectivity index (χ2n) is 5.96. The maximum atomic E-state index is 12.0. The fourth-order valence-electron chi connectivity index (χ4n) is 3.15. The van der Waals surface area contributed by atoms with E-state index in [0.29, 0.717) is 18.1 Å². The van der Waals surface area contributed by atoms with E-state index < -0.39 is 0 Å². The molecule has 1 saturated heterocycles. The van der Waals surface area contributed by atoms with Crippen LogP contribution in [0.1, 0.15) is 30.0 Å². The normalized spacial score (nSPS) is 18.7. The molecule has 3 heterocycles. The van der Waals surface area contributed by atoms with Crippen molar-refractivity contribution in [2.24, 2.45) is 5.92 Å². The third-order valence-electron chi connectivity index (χ3n) is 4.46. The average molecular weight is 302 g/mol. The number of amides is 1. The average Bonchev–Trinajstić information content (AvgIpc) is 2.80. The van der Waals surface area contributed by atoms with Gasteiger partial charge in [-0.05, 0) is 33.6 Å². The zero-order chi connectivity index (χ0) is 15.9. The minimum atomic E-state index is 0.0115. The number of nitrogens with one attached hydrogen (secondary N) is 1. The van der Waals surface area contributed by atoms with Crippen molar-refractivity contribution in [1.29, 1.82) is 0 Å². The van der Waals surface area contributed by atoms with Crippen LogP contribution in [0.4, 0.5) is 5.82 Å². The summed E-state index contributed by atoms with van der Waals surface area (Å²) in [7, 11) is 1.69. The smallest absolute Gasteiger partial charge is 0.231 e. The topological polar surface area (TPSA) is 71.3 Å². The fraction of sp³-hybridized carbons (Fsp3) is 0.562. The van der Waals surface area contributed by atoms with Crippen molar-refractivity contribution in [2.75, 3.05) is 25.0 Å². The molecule has 0 radical (unpaired) electrons. The minimum absolute atomic E-state index is 0.0115. The molecule has 1 aliphatic rings. The summed E-state index contributed by atoms with van der Waals surface area (Å²) in [5, 5.41) is 3.73. The number of nitrogens with zero attached hydrogens (tertiary/aromatic N) is 3. The van der Waals surface area contributed by atoms with Crippen molar-refractivity contribution in [3.63, 3.8) is 0 Å². The Morgan fingerprint density at radius 3 is 2.82 bits per heavy atom. The van der Waals surface area contributed by atoms with Gasteiger partial charge in [0.05, 0.1) is 11.3 Å². The lowest BCUT2D eigenvalue weighted by atomic mass is 9.97. The van der Waals surface area contributed by atoms with E-state index in [9.17, 15) is 4.79 Å². The molecular formula is C16H22N4O2. The largest absolute Gasteiger partial charge is 0.443 e. The minimum Gasteiger partial charge on any atom is -0.443 e. The number of furan rings is 1. The highest BCUT2D eigenvalue weighted by Crippen LogP contribution is 2.33. The molecule has 0 aromatic carbocycles. The van der Waals surface area contributed by atoms with Crippen LogP contribution in [0.25, 0.3) is 11.1 Å². The summed E-state index contributed by atoms with van der Waals surface area (Å²) in [6, 6.07) is 0. The standard InChI is InChI=1S/C16H22N4O2/c1-9-10(2)22-16-13(9)14(18-11(3)19-16)20-7-5-6-12(8-20)15(21)17-4/h12H,5-8H2,1-4H3,(H,17,21). The summed E-state index contributed by atoms with van der Waals surface area (Å²) < 4.78 is 5.75. The zero-order valence-electron chi connectivity index (χ0n) is 13.6. The van der Waals surface area contributed by atoms with Crippen LogP contribution in [0, 0.1) is 26.7 Å². The first-order valence-corrected chi connectivity index (χ1v) is 7.72. The Kier molecular flexibility index (Phi) is 3.76. The Hall–Kier alpha value is -2.11. The molecule has 1 aliphatic heterocycles. The van der Waals surface area contributed by atoms with Gasteiger partial charge in [0.25, 0.3) is 0 Å². The van der Waals surface area contributed by atoms with E-state index in [-0.39, 0.29) is 11.8 Å². The molecule has 0 aliphatic carbocycles. The number of aryl methyl sites for hydroxylation is 3. The highest BCUT2D eigenvalue weighted by atomic mass is 16.3. The van der Waals surface area contributed by atoms with Gasteiger partial charge in [0.2, 0.25) is 11.6 Å². The lowest BCUT2D eigenvalue weighted by Gasteiger charge is -2.33. The van der Waals surface area contributed by atoms with E-state index in [4.69, 9.17) is 4.42 Å². The van der Waals surface area contributed by atoms with E-state index in [2.05, 4.69) is 20.2 Å². The lowest BCUT2D eigenvalue weighted by molar-refractivity contribution is -0.124. The number of aromatic nitrogens is 2. The fourth-order valence-corrected chi connectivity index (χ4v) is 3.15. The third kappa shape index (κ3) is 2.42. The predicted molar refractivity (Wildman–Crippen MR) is 85.0 cm³/mol. The number of hydrogen-bond donors (Lipinski definition) is 1. The van der Waals surface area contributed by atoms with Crippen LogP contribution in [-0.4, -0.2) is 36.0 Å². The summed E-state index contributed by atoms with van der Waals surface area (Å²) in [4.78, 5) is 23.2. The first-order chi connectivity index (χ1) is 10.5. The molecule has 1 N–H and O–H groups in total. The number of fused-ring (bicyclic) bond motifs is 1. The number of piperidine rings is 1. The third-order valence-corrected chi connectivity index (χ3v) is 4.46. The van der Waals surface area contributed by atoms with Crippen molar-refractivity contribution in [3.8, 4) is 0 Å². The molecule has 1 amide bonds. The van der Waals surface area contributed by atoms with Crippen LogP contribution in [0.15, 0.2) is 4.42 Å². The van der Waals surface area contributed by atoms with Crippen molar-refractivity contribution >= 4 is 22.8 Å². The Morgan fingerprint density at radius 2 is 2.09 bits per heavy atom. The second-order valence-corrected chi connectivity index (χ2v) is 5.96. The molecule has 1 fully saturated rings. The van der Waals surface area contributed by atoms with Crippen LogP contribution < -0.4 is 10.2 Å². The Bertz CT molecular complexity index is 722. The van der Waals surface area contributed by atoms with Gasteiger partial charge < -0.3 is 14.6 Å². The Morgan fingerprint density at radius 1 is 1.32 bits per heavy atom. The van der Waals surface area contributed by atoms with Crippen LogP contribution in [0.2, 0.25) is 0 Å². The lowest BCUT2D eigenvalue weighted by Crippen LogP contribution is -2.42. The highest BCUT2D eigenvalue weighted by Gasteiger charge is 2.28. The first-order valence-electron chi connectivity index (χ1n) is 7.72. The SMILES string of the molecule is CNC(=O)C1CCCN(c2nc(C)nc3oc(C)c(C)c23)C1. The van der Waals surface area contributed by atoms with E-state index in [1.807, 2.05) is 20.8 Å². The molecular weight excluding hydrogens is 280 g/mol. The number of carbonyl (C=O) groups is 1. The van der Waals surface area contributed by atoms with E-state index in [0.717, 1.165) is 41.9 Å². The van der Waals surface area contributed by atoms with Gasteiger partial charge in [-0.1, -0.05) is 0 Å². The summed E-state index contributed by atoms with van der Waals surface area (Å²) >= 11 is 0. The van der Waals surface area contributed by atoms with Crippen molar-refractivity contribution < 1.29 is 9.21 Å². The van der Waals surface area contributed by atoms with Crippen LogP contribution in [0.5, 0.6) is 0 Å². The second kappa shape index (κ2) is 5.59. The van der Waals surface area contributed by atoms with Crippen LogP contribution in [0.3, 0.4) is 0 Å². The molecule has 2 aromatic heterocycles. The van der Waals surface area contributed by atoms with Crippen LogP contribution in [-0.2, 0) is 4.79 Å². The van der Waals surface area contributed by atoms with Gasteiger partial charge in [0.1, 0.15) is 17.4 Å². The quantitative estimate of drug-likeness (QED) is 0.920. The maximum absolute atomic E-state index is 12.0. The molecule has 3 rings (SSSR count). The molecule has 0 saturated carbocycles. The van der Waals surface area contributed by atoms with Gasteiger partial charge >= 0.3 is 0 Å². The van der Waals surface area contributed by atoms with Gasteiger partial charge in [-0.3, -0.25) is 4.79 Å². The summed E-state index contributed by atoms with van der Waals surface area (Å²) in [5.41, 5.74) is 1.71. The van der Waals surface area contributed by atoms with E-state index in [1.165, 1.54) is 0 Å². The number of hydrogen-bond acceptors (Lipinski definition) is 5. The predicted octanol–water partition coefficient (Wildman–Crippen LogP) is 2.11. The number of rotatable bonds is 2. The molecule has 0 bridgehead atoms. The number of anilines is 1. The summed E-state index contributed by atoms with van der Waals surface area (Å²) in [5.74, 6) is 2.57. The molecule has 2 aromatic rings. The van der Waals surface area contributed by atoms with Crippen molar-refractivity contribution in [3.05, 3.63) is 17.1 Å². The van der Waals surface area contributed by atoms with Gasteiger partial charge in [-0.15, -0.1) is 0 Å². The molecule has 1 unspecified atom stereocenters. The van der Waals surface area contributed by atoms with Crippen LogP contribution >= 0.6 is 0 Å². The highest BCUT2D eigenvalue weighted by molar-refractivity contribution is 5.90. The van der Waals surface area contributed by atoms with Gasteiger partial charge in [-0.25, -0.2) is 4.98 Å².